The summed E-state index contributed by atoms with van der Waals surface area (Å²) in [5.41, 5.74) is -2.31. The van der Waals surface area contributed by atoms with Gasteiger partial charge in [-0.1, -0.05) is 44.2 Å². The molecule has 2 fully saturated rings. The van der Waals surface area contributed by atoms with Gasteiger partial charge in [-0.15, -0.1) is 0 Å². The van der Waals surface area contributed by atoms with Crippen LogP contribution in [0.3, 0.4) is 0 Å². The minimum absolute atomic E-state index is 0.00427. The number of hydrogen-bond donors (Lipinski definition) is 0. The van der Waals surface area contributed by atoms with Gasteiger partial charge in [-0.05, 0) is 35.9 Å². The highest BCUT2D eigenvalue weighted by Crippen LogP contribution is 2.67. The van der Waals surface area contributed by atoms with E-state index in [0.717, 1.165) is 6.42 Å². The Hall–Kier alpha value is -1.16. The maximum atomic E-state index is 15.0. The molecule has 3 unspecified atom stereocenters. The molecule has 2 saturated carbocycles. The zero-order valence-electron chi connectivity index (χ0n) is 12.3. The van der Waals surface area contributed by atoms with Crippen molar-refractivity contribution in [2.24, 2.45) is 16.7 Å². The van der Waals surface area contributed by atoms with Crippen LogP contribution in [0.2, 0.25) is 0 Å². The van der Waals surface area contributed by atoms with E-state index >= 15 is 0 Å². The zero-order chi connectivity index (χ0) is 15.3. The highest BCUT2D eigenvalue weighted by Gasteiger charge is 2.68. The number of carbonyl (C=O) groups excluding carboxylic acids is 2. The van der Waals surface area contributed by atoms with Crippen LogP contribution in [-0.4, -0.2) is 16.4 Å². The number of Topliss-reactive ketones (excluding diaryl/α,β-unsaturated/α-hetero) is 1. The molecule has 0 spiro atoms. The SMILES string of the molecule is CC1(C)C2CCC1(C(F)SC(=O)c1ccccc1)C(=O)C2. The number of alkyl halides is 1. The van der Waals surface area contributed by atoms with Crippen molar-refractivity contribution in [3.05, 3.63) is 35.9 Å². The van der Waals surface area contributed by atoms with Gasteiger partial charge in [-0.25, -0.2) is 4.39 Å². The Morgan fingerprint density at radius 3 is 2.52 bits per heavy atom. The monoisotopic (exact) mass is 306 g/mol. The summed E-state index contributed by atoms with van der Waals surface area (Å²) in [5.74, 6) is 0.264. The smallest absolute Gasteiger partial charge is 0.222 e. The van der Waals surface area contributed by atoms with Crippen LogP contribution in [0, 0.1) is 16.7 Å². The van der Waals surface area contributed by atoms with E-state index in [1.54, 1.807) is 24.3 Å². The molecule has 112 valence electrons. The van der Waals surface area contributed by atoms with E-state index in [1.807, 2.05) is 19.9 Å². The van der Waals surface area contributed by atoms with Gasteiger partial charge >= 0.3 is 0 Å². The summed E-state index contributed by atoms with van der Waals surface area (Å²) in [6.45, 7) is 3.96. The van der Waals surface area contributed by atoms with Crippen LogP contribution in [0.4, 0.5) is 4.39 Å². The van der Waals surface area contributed by atoms with Gasteiger partial charge < -0.3 is 0 Å². The van der Waals surface area contributed by atoms with Crippen molar-refractivity contribution in [2.45, 2.75) is 38.6 Å². The third-order valence-corrected chi connectivity index (χ3v) is 6.65. The number of thioether (sulfide) groups is 1. The highest BCUT2D eigenvalue weighted by atomic mass is 32.2. The van der Waals surface area contributed by atoms with E-state index in [2.05, 4.69) is 0 Å². The molecule has 3 rings (SSSR count). The first-order valence-electron chi connectivity index (χ1n) is 7.33. The fourth-order valence-corrected chi connectivity index (χ4v) is 5.29. The predicted molar refractivity (Wildman–Crippen MR) is 81.8 cm³/mol. The quantitative estimate of drug-likeness (QED) is 0.837. The molecule has 1 aromatic rings. The largest absolute Gasteiger partial charge is 0.299 e. The Kier molecular flexibility index (Phi) is 3.47. The Morgan fingerprint density at radius 2 is 2.00 bits per heavy atom. The minimum atomic E-state index is -1.46. The summed E-state index contributed by atoms with van der Waals surface area (Å²) in [6.07, 6.45) is 1.92. The maximum Gasteiger partial charge on any atom is 0.222 e. The van der Waals surface area contributed by atoms with Crippen molar-refractivity contribution in [1.29, 1.82) is 0 Å². The predicted octanol–water partition coefficient (Wildman–Crippen LogP) is 4.25. The third kappa shape index (κ3) is 1.99. The van der Waals surface area contributed by atoms with E-state index in [9.17, 15) is 14.0 Å². The first-order chi connectivity index (χ1) is 9.89. The zero-order valence-corrected chi connectivity index (χ0v) is 13.1. The summed E-state index contributed by atoms with van der Waals surface area (Å²) in [7, 11) is 0. The summed E-state index contributed by atoms with van der Waals surface area (Å²) >= 11 is 0.680. The molecule has 0 aromatic heterocycles. The van der Waals surface area contributed by atoms with E-state index < -0.39 is 10.9 Å². The lowest BCUT2D eigenvalue weighted by Crippen LogP contribution is -2.43. The molecule has 2 nitrogen and oxygen atoms in total. The lowest BCUT2D eigenvalue weighted by molar-refractivity contribution is -0.131. The van der Waals surface area contributed by atoms with Gasteiger partial charge in [0.1, 0.15) is 5.78 Å². The van der Waals surface area contributed by atoms with Crippen LogP contribution < -0.4 is 0 Å². The molecule has 2 bridgehead atoms. The second-order valence-electron chi connectivity index (χ2n) is 6.64. The molecule has 3 atom stereocenters. The van der Waals surface area contributed by atoms with Gasteiger partial charge in [0.15, 0.2) is 5.50 Å². The summed E-state index contributed by atoms with van der Waals surface area (Å²) in [6, 6.07) is 8.70. The molecular weight excluding hydrogens is 287 g/mol. The molecule has 0 N–H and O–H groups in total. The lowest BCUT2D eigenvalue weighted by Gasteiger charge is -2.38. The van der Waals surface area contributed by atoms with Gasteiger partial charge in [0.25, 0.3) is 0 Å². The van der Waals surface area contributed by atoms with Gasteiger partial charge in [-0.3, -0.25) is 9.59 Å². The third-order valence-electron chi connectivity index (χ3n) is 5.59. The van der Waals surface area contributed by atoms with Crippen LogP contribution in [0.1, 0.15) is 43.5 Å². The van der Waals surface area contributed by atoms with Gasteiger partial charge in [0.2, 0.25) is 5.12 Å². The number of fused-ring (bicyclic) bond motifs is 2. The van der Waals surface area contributed by atoms with E-state index in [4.69, 9.17) is 0 Å². The van der Waals surface area contributed by atoms with Gasteiger partial charge in [0, 0.05) is 12.0 Å². The van der Waals surface area contributed by atoms with Gasteiger partial charge in [-0.2, -0.15) is 0 Å². The van der Waals surface area contributed by atoms with Crippen LogP contribution in [0.15, 0.2) is 30.3 Å². The Balaban J connectivity index is 1.84. The number of hydrogen-bond acceptors (Lipinski definition) is 3. The number of rotatable bonds is 3. The van der Waals surface area contributed by atoms with Gasteiger partial charge in [0.05, 0.1) is 5.41 Å². The highest BCUT2D eigenvalue weighted by molar-refractivity contribution is 8.14. The average molecular weight is 306 g/mol. The molecule has 2 aliphatic rings. The molecule has 2 aliphatic carbocycles. The Labute approximate surface area is 128 Å². The van der Waals surface area contributed by atoms with Crippen molar-refractivity contribution in [1.82, 2.24) is 0 Å². The normalized spacial score (nSPS) is 31.4. The molecule has 21 heavy (non-hydrogen) atoms. The lowest BCUT2D eigenvalue weighted by atomic mass is 9.69. The van der Waals surface area contributed by atoms with Crippen LogP contribution in [0.5, 0.6) is 0 Å². The van der Waals surface area contributed by atoms with Crippen LogP contribution in [-0.2, 0) is 4.79 Å². The molecule has 4 heteroatoms. The minimum Gasteiger partial charge on any atom is -0.299 e. The number of halogens is 1. The van der Waals surface area contributed by atoms with Crippen molar-refractivity contribution in [2.75, 3.05) is 0 Å². The summed E-state index contributed by atoms with van der Waals surface area (Å²) in [5, 5.41) is -0.295. The number of carbonyl (C=O) groups is 2. The molecule has 0 amide bonds. The number of ketones is 1. The maximum absolute atomic E-state index is 15.0. The molecular formula is C17H19FO2S. The Morgan fingerprint density at radius 1 is 1.33 bits per heavy atom. The second-order valence-corrected chi connectivity index (χ2v) is 7.66. The molecule has 0 saturated heterocycles. The number of benzene rings is 1. The van der Waals surface area contributed by atoms with E-state index in [-0.39, 0.29) is 22.2 Å². The molecule has 0 aliphatic heterocycles. The molecule has 1 aromatic carbocycles. The summed E-state index contributed by atoms with van der Waals surface area (Å²) in [4.78, 5) is 24.6. The van der Waals surface area contributed by atoms with Crippen molar-refractivity contribution >= 4 is 22.7 Å². The molecule has 0 heterocycles. The van der Waals surface area contributed by atoms with Crippen molar-refractivity contribution < 1.29 is 14.0 Å². The van der Waals surface area contributed by atoms with Crippen molar-refractivity contribution in [3.63, 3.8) is 0 Å². The van der Waals surface area contributed by atoms with Crippen LogP contribution >= 0.6 is 11.8 Å². The summed E-state index contributed by atoms with van der Waals surface area (Å²) < 4.78 is 15.0. The fourth-order valence-electron chi connectivity index (χ4n) is 4.08. The topological polar surface area (TPSA) is 34.1 Å². The first-order valence-corrected chi connectivity index (χ1v) is 8.21. The Bertz CT molecular complexity index is 584. The average Bonchev–Trinajstić information content (AvgIpc) is 2.83. The van der Waals surface area contributed by atoms with Crippen molar-refractivity contribution in [3.8, 4) is 0 Å². The van der Waals surface area contributed by atoms with E-state index in [1.165, 1.54) is 0 Å². The van der Waals surface area contributed by atoms with Crippen LogP contribution in [0.25, 0.3) is 0 Å². The molecule has 0 radical (unpaired) electrons. The van der Waals surface area contributed by atoms with E-state index in [0.29, 0.717) is 30.2 Å². The second kappa shape index (κ2) is 4.94. The fraction of sp³-hybridized carbons (Fsp3) is 0.529. The first kappa shape index (κ1) is 14.8. The standard InChI is InChI=1S/C17H19FO2S/c1-16(2)12-8-9-17(16,13(19)10-12)15(18)21-14(20)11-6-4-3-5-7-11/h3-7,12,15H,8-10H2,1-2H3.